The van der Waals surface area contributed by atoms with Gasteiger partial charge in [0.05, 0.1) is 0 Å². The van der Waals surface area contributed by atoms with Crippen LogP contribution in [0, 0.1) is 0 Å². The van der Waals surface area contributed by atoms with Crippen molar-refractivity contribution in [2.75, 3.05) is 0 Å². The number of para-hydroxylation sites is 1. The molecule has 1 unspecified atom stereocenters. The van der Waals surface area contributed by atoms with Gasteiger partial charge in [0.15, 0.2) is 5.75 Å². The highest BCUT2D eigenvalue weighted by Gasteiger charge is 2.20. The standard InChI is InChI=1S/C16H11O4PS/c17-16(18)15-9-12-8-11(6-7-14(12)22-15)10-21(19)20-13-4-2-1-3-5-13/h1-9H,10H2/p+1. The van der Waals surface area contributed by atoms with Gasteiger partial charge in [0.2, 0.25) is 6.16 Å². The minimum absolute atomic E-state index is 0.290. The van der Waals surface area contributed by atoms with E-state index in [1.807, 2.05) is 36.4 Å². The molecule has 0 fully saturated rings. The lowest BCUT2D eigenvalue weighted by Crippen LogP contribution is -1.89. The largest absolute Gasteiger partial charge is 0.560 e. The predicted octanol–water partition coefficient (Wildman–Crippen LogP) is 4.92. The number of carboxylic acids is 1. The summed E-state index contributed by atoms with van der Waals surface area (Å²) in [6.45, 7) is 0. The molecule has 0 radical (unpaired) electrons. The highest BCUT2D eigenvalue weighted by atomic mass is 32.1. The van der Waals surface area contributed by atoms with Crippen LogP contribution in [0.2, 0.25) is 0 Å². The summed E-state index contributed by atoms with van der Waals surface area (Å²) in [6, 6.07) is 16.2. The Hall–Kier alpha value is -2.23. The molecule has 1 N–H and O–H groups in total. The Morgan fingerprint density at radius 3 is 2.64 bits per heavy atom. The normalized spacial score (nSPS) is 11.4. The summed E-state index contributed by atoms with van der Waals surface area (Å²) in [6.07, 6.45) is 0.290. The van der Waals surface area contributed by atoms with Crippen LogP contribution in [0.1, 0.15) is 15.2 Å². The lowest BCUT2D eigenvalue weighted by atomic mass is 10.2. The number of carbonyl (C=O) groups is 1. The maximum absolute atomic E-state index is 12.1. The van der Waals surface area contributed by atoms with E-state index in [1.165, 1.54) is 11.3 Å². The molecule has 0 aliphatic rings. The van der Waals surface area contributed by atoms with Gasteiger partial charge in [-0.2, -0.15) is 0 Å². The third kappa shape index (κ3) is 3.32. The van der Waals surface area contributed by atoms with E-state index in [1.54, 1.807) is 18.2 Å². The second kappa shape index (κ2) is 6.26. The number of carboxylic acid groups (broad SMARTS) is 1. The summed E-state index contributed by atoms with van der Waals surface area (Å²) in [5.41, 5.74) is 0.860. The van der Waals surface area contributed by atoms with E-state index in [4.69, 9.17) is 9.63 Å². The number of benzene rings is 2. The van der Waals surface area contributed by atoms with Gasteiger partial charge in [0.1, 0.15) is 4.88 Å². The Labute approximate surface area is 131 Å². The Morgan fingerprint density at radius 1 is 1.14 bits per heavy atom. The number of hydrogen-bond acceptors (Lipinski definition) is 4. The monoisotopic (exact) mass is 331 g/mol. The summed E-state index contributed by atoms with van der Waals surface area (Å²) in [7, 11) is -1.86. The van der Waals surface area contributed by atoms with Crippen molar-refractivity contribution < 1.29 is 19.0 Å². The average Bonchev–Trinajstić information content (AvgIpc) is 2.91. The van der Waals surface area contributed by atoms with Crippen molar-refractivity contribution in [2.24, 2.45) is 0 Å². The van der Waals surface area contributed by atoms with E-state index in [-0.39, 0.29) is 0 Å². The van der Waals surface area contributed by atoms with Gasteiger partial charge in [-0.3, -0.25) is 4.52 Å². The van der Waals surface area contributed by atoms with Crippen LogP contribution in [-0.4, -0.2) is 11.1 Å². The van der Waals surface area contributed by atoms with Crippen LogP contribution < -0.4 is 4.52 Å². The van der Waals surface area contributed by atoms with Crippen LogP contribution >= 0.6 is 19.4 Å². The summed E-state index contributed by atoms with van der Waals surface area (Å²) >= 11 is 1.23. The first-order valence-corrected chi connectivity index (χ1v) is 8.73. The van der Waals surface area contributed by atoms with Gasteiger partial charge < -0.3 is 5.11 Å². The molecule has 6 heteroatoms. The molecule has 22 heavy (non-hydrogen) atoms. The van der Waals surface area contributed by atoms with Crippen molar-refractivity contribution in [1.82, 2.24) is 0 Å². The highest BCUT2D eigenvalue weighted by molar-refractivity contribution is 7.38. The van der Waals surface area contributed by atoms with Crippen LogP contribution in [0.5, 0.6) is 5.75 Å². The zero-order chi connectivity index (χ0) is 15.5. The number of hydrogen-bond donors (Lipinski definition) is 1. The third-order valence-corrected chi connectivity index (χ3v) is 5.20. The molecule has 3 rings (SSSR count). The topological polar surface area (TPSA) is 63.6 Å². The second-order valence-corrected chi connectivity index (χ2v) is 6.93. The molecular formula is C16H12O4PS+. The van der Waals surface area contributed by atoms with Crippen LogP contribution in [0.15, 0.2) is 54.6 Å². The van der Waals surface area contributed by atoms with Crippen molar-refractivity contribution in [2.45, 2.75) is 6.16 Å². The Balaban J connectivity index is 1.76. The van der Waals surface area contributed by atoms with Crippen LogP contribution in [0.3, 0.4) is 0 Å². The highest BCUT2D eigenvalue weighted by Crippen LogP contribution is 2.33. The van der Waals surface area contributed by atoms with Crippen molar-refractivity contribution in [3.05, 3.63) is 65.0 Å². The average molecular weight is 331 g/mol. The van der Waals surface area contributed by atoms with Crippen molar-refractivity contribution in [3.63, 3.8) is 0 Å². The number of aromatic carboxylic acids is 1. The fraction of sp³-hybridized carbons (Fsp3) is 0.0625. The summed E-state index contributed by atoms with van der Waals surface area (Å²) < 4.78 is 18.4. The van der Waals surface area contributed by atoms with Crippen molar-refractivity contribution in [1.29, 1.82) is 0 Å². The molecule has 0 saturated carbocycles. The number of rotatable bonds is 5. The van der Waals surface area contributed by atoms with E-state index in [2.05, 4.69) is 0 Å². The smallest absolute Gasteiger partial charge is 0.477 e. The van der Waals surface area contributed by atoms with Gasteiger partial charge >= 0.3 is 14.0 Å². The van der Waals surface area contributed by atoms with Gasteiger partial charge in [0.25, 0.3) is 0 Å². The Morgan fingerprint density at radius 2 is 1.91 bits per heavy atom. The van der Waals surface area contributed by atoms with Crippen molar-refractivity contribution >= 4 is 35.4 Å². The number of fused-ring (bicyclic) bond motifs is 1. The minimum atomic E-state index is -1.86. The molecule has 1 heterocycles. The quantitative estimate of drug-likeness (QED) is 0.674. The van der Waals surface area contributed by atoms with E-state index < -0.39 is 14.0 Å². The first-order chi connectivity index (χ1) is 10.6. The minimum Gasteiger partial charge on any atom is -0.477 e. The van der Waals surface area contributed by atoms with E-state index in [0.29, 0.717) is 16.8 Å². The third-order valence-electron chi connectivity index (χ3n) is 3.05. The molecule has 0 amide bonds. The van der Waals surface area contributed by atoms with Crippen LogP contribution in [-0.2, 0) is 10.7 Å². The maximum Gasteiger partial charge on any atom is 0.560 e. The zero-order valence-corrected chi connectivity index (χ0v) is 13.1. The zero-order valence-electron chi connectivity index (χ0n) is 11.4. The Kier molecular flexibility index (Phi) is 4.18. The van der Waals surface area contributed by atoms with Gasteiger partial charge in [-0.25, -0.2) is 4.79 Å². The fourth-order valence-corrected chi connectivity index (χ4v) is 3.87. The fourth-order valence-electron chi connectivity index (χ4n) is 2.08. The molecule has 4 nitrogen and oxygen atoms in total. The molecule has 0 spiro atoms. The molecule has 3 aromatic rings. The maximum atomic E-state index is 12.1. The summed E-state index contributed by atoms with van der Waals surface area (Å²) in [5, 5.41) is 9.86. The first kappa shape index (κ1) is 14.7. The first-order valence-electron chi connectivity index (χ1n) is 6.55. The van der Waals surface area contributed by atoms with Gasteiger partial charge in [0, 0.05) is 10.3 Å². The molecule has 0 bridgehead atoms. The molecule has 0 aliphatic carbocycles. The van der Waals surface area contributed by atoms with Crippen molar-refractivity contribution in [3.8, 4) is 5.75 Å². The molecule has 0 aliphatic heterocycles. The van der Waals surface area contributed by atoms with Gasteiger partial charge in [-0.1, -0.05) is 24.3 Å². The Bertz CT molecular complexity index is 842. The lowest BCUT2D eigenvalue weighted by Gasteiger charge is -1.95. The van der Waals surface area contributed by atoms with Crippen LogP contribution in [0.4, 0.5) is 0 Å². The molecule has 1 aromatic heterocycles. The SMILES string of the molecule is O=C(O)c1cc2cc(C[P+](=O)Oc3ccccc3)ccc2s1. The lowest BCUT2D eigenvalue weighted by molar-refractivity contribution is 0.0702. The summed E-state index contributed by atoms with van der Waals surface area (Å²) in [5.74, 6) is -0.352. The molecule has 0 saturated heterocycles. The summed E-state index contributed by atoms with van der Waals surface area (Å²) in [4.78, 5) is 11.3. The predicted molar refractivity (Wildman–Crippen MR) is 87.2 cm³/mol. The van der Waals surface area contributed by atoms with E-state index in [0.717, 1.165) is 15.6 Å². The second-order valence-electron chi connectivity index (χ2n) is 4.68. The van der Waals surface area contributed by atoms with Gasteiger partial charge in [-0.05, 0) is 40.3 Å². The number of thiophene rings is 1. The molecule has 110 valence electrons. The van der Waals surface area contributed by atoms with Crippen LogP contribution in [0.25, 0.3) is 10.1 Å². The van der Waals surface area contributed by atoms with E-state index in [9.17, 15) is 9.36 Å². The molecule has 1 atom stereocenters. The van der Waals surface area contributed by atoms with E-state index >= 15 is 0 Å². The molecule has 2 aromatic carbocycles. The van der Waals surface area contributed by atoms with Gasteiger partial charge in [-0.15, -0.1) is 11.3 Å². The molecular weight excluding hydrogens is 319 g/mol.